The minimum atomic E-state index is -0.774. The van der Waals surface area contributed by atoms with Crippen molar-refractivity contribution in [2.24, 2.45) is 0 Å². The molecular weight excluding hydrogens is 386 g/mol. The Balaban J connectivity index is 1.93. The summed E-state index contributed by atoms with van der Waals surface area (Å²) >= 11 is 1.23. The highest BCUT2D eigenvalue weighted by atomic mass is 32.1. The van der Waals surface area contributed by atoms with Crippen LogP contribution < -0.4 is 4.90 Å². The second kappa shape index (κ2) is 7.25. The second-order valence-electron chi connectivity index (χ2n) is 7.05. The molecule has 6 nitrogen and oxygen atoms in total. The van der Waals surface area contributed by atoms with Crippen molar-refractivity contribution >= 4 is 33.9 Å². The quantitative estimate of drug-likeness (QED) is 0.403. The van der Waals surface area contributed by atoms with Gasteiger partial charge in [0.25, 0.3) is 5.78 Å². The zero-order chi connectivity index (χ0) is 20.7. The number of benzene rings is 2. The van der Waals surface area contributed by atoms with Crippen LogP contribution in [0.1, 0.15) is 33.3 Å². The first kappa shape index (κ1) is 19.0. The molecule has 1 fully saturated rings. The van der Waals surface area contributed by atoms with Gasteiger partial charge in [0.15, 0.2) is 0 Å². The van der Waals surface area contributed by atoms with Crippen molar-refractivity contribution in [1.82, 2.24) is 10.2 Å². The zero-order valence-electron chi connectivity index (χ0n) is 16.2. The van der Waals surface area contributed by atoms with E-state index in [-0.39, 0.29) is 11.3 Å². The van der Waals surface area contributed by atoms with Gasteiger partial charge >= 0.3 is 5.91 Å². The minimum absolute atomic E-state index is 0.0514. The Bertz CT molecular complexity index is 1130. The standard InChI is InChI=1S/C22H19N3O3S/c1-12-4-8-15(9-5-12)18-17(19(26)16-10-6-13(2)7-11-16)20(27)21(28)25(18)22-24-23-14(3)29-22/h4-11,18,26H,1-3H3/t18-/m1/s1. The third kappa shape index (κ3) is 3.34. The Morgan fingerprint density at radius 1 is 0.931 bits per heavy atom. The average molecular weight is 405 g/mol. The van der Waals surface area contributed by atoms with E-state index in [0.29, 0.717) is 15.7 Å². The fourth-order valence-electron chi connectivity index (χ4n) is 3.34. The number of aliphatic hydroxyl groups is 1. The van der Waals surface area contributed by atoms with E-state index in [1.807, 2.05) is 50.2 Å². The molecule has 1 atom stereocenters. The number of aliphatic hydroxyl groups excluding tert-OH is 1. The summed E-state index contributed by atoms with van der Waals surface area (Å²) in [4.78, 5) is 27.2. The highest BCUT2D eigenvalue weighted by molar-refractivity contribution is 7.15. The molecule has 1 aliphatic heterocycles. The lowest BCUT2D eigenvalue weighted by molar-refractivity contribution is -0.132. The Morgan fingerprint density at radius 2 is 1.52 bits per heavy atom. The van der Waals surface area contributed by atoms with Gasteiger partial charge < -0.3 is 5.11 Å². The Kier molecular flexibility index (Phi) is 4.76. The van der Waals surface area contributed by atoms with Gasteiger partial charge in [-0.25, -0.2) is 0 Å². The van der Waals surface area contributed by atoms with Crippen molar-refractivity contribution in [1.29, 1.82) is 0 Å². The molecule has 2 heterocycles. The summed E-state index contributed by atoms with van der Waals surface area (Å²) in [5.74, 6) is -1.65. The molecule has 0 spiro atoms. The first-order valence-electron chi connectivity index (χ1n) is 9.11. The van der Waals surface area contributed by atoms with Gasteiger partial charge in [-0.05, 0) is 26.3 Å². The van der Waals surface area contributed by atoms with Crippen LogP contribution in [0.25, 0.3) is 5.76 Å². The maximum atomic E-state index is 13.0. The molecule has 1 N–H and O–H groups in total. The summed E-state index contributed by atoms with van der Waals surface area (Å²) in [6.45, 7) is 5.68. The largest absolute Gasteiger partial charge is 0.507 e. The van der Waals surface area contributed by atoms with E-state index < -0.39 is 17.7 Å². The average Bonchev–Trinajstić information content (AvgIpc) is 3.24. The number of aryl methyl sites for hydroxylation is 3. The fraction of sp³-hybridized carbons (Fsp3) is 0.182. The molecule has 0 bridgehead atoms. The molecule has 146 valence electrons. The Labute approximate surface area is 172 Å². The fourth-order valence-corrected chi connectivity index (χ4v) is 4.06. The molecule has 1 aliphatic rings. The SMILES string of the molecule is Cc1ccc(C(O)=C2C(=O)C(=O)N(c3nnc(C)s3)[C@@H]2c2ccc(C)cc2)cc1. The zero-order valence-corrected chi connectivity index (χ0v) is 17.0. The lowest BCUT2D eigenvalue weighted by atomic mass is 9.94. The first-order chi connectivity index (χ1) is 13.9. The summed E-state index contributed by atoms with van der Waals surface area (Å²) in [5, 5.41) is 20.1. The molecule has 0 aliphatic carbocycles. The topological polar surface area (TPSA) is 83.4 Å². The van der Waals surface area contributed by atoms with E-state index >= 15 is 0 Å². The van der Waals surface area contributed by atoms with Crippen LogP contribution >= 0.6 is 11.3 Å². The van der Waals surface area contributed by atoms with Gasteiger partial charge in [-0.1, -0.05) is 71.0 Å². The van der Waals surface area contributed by atoms with Crippen LogP contribution in [0.4, 0.5) is 5.13 Å². The molecule has 29 heavy (non-hydrogen) atoms. The van der Waals surface area contributed by atoms with E-state index in [2.05, 4.69) is 10.2 Å². The van der Waals surface area contributed by atoms with Crippen LogP contribution in [-0.2, 0) is 9.59 Å². The van der Waals surface area contributed by atoms with Crippen LogP contribution in [0.15, 0.2) is 54.1 Å². The third-order valence-electron chi connectivity index (χ3n) is 4.88. The van der Waals surface area contributed by atoms with Gasteiger partial charge in [-0.3, -0.25) is 14.5 Å². The number of amides is 1. The number of hydrogen-bond donors (Lipinski definition) is 1. The first-order valence-corrected chi connectivity index (χ1v) is 9.93. The number of nitrogens with zero attached hydrogens (tertiary/aromatic N) is 3. The van der Waals surface area contributed by atoms with Gasteiger partial charge in [0.2, 0.25) is 5.13 Å². The summed E-state index contributed by atoms with van der Waals surface area (Å²) in [6.07, 6.45) is 0. The van der Waals surface area contributed by atoms with Crippen molar-refractivity contribution in [2.75, 3.05) is 4.90 Å². The summed E-state index contributed by atoms with van der Waals surface area (Å²) in [6, 6.07) is 13.9. The number of rotatable bonds is 3. The highest BCUT2D eigenvalue weighted by Crippen LogP contribution is 2.42. The van der Waals surface area contributed by atoms with Gasteiger partial charge in [-0.2, -0.15) is 0 Å². The molecule has 1 saturated heterocycles. The maximum absolute atomic E-state index is 13.0. The normalized spacial score (nSPS) is 18.4. The van der Waals surface area contributed by atoms with Crippen LogP contribution in [0.5, 0.6) is 0 Å². The predicted molar refractivity (Wildman–Crippen MR) is 112 cm³/mol. The number of hydrogen-bond acceptors (Lipinski definition) is 6. The molecular formula is C22H19N3O3S. The summed E-state index contributed by atoms with van der Waals surface area (Å²) in [5.41, 5.74) is 3.34. The molecule has 7 heteroatoms. The number of ketones is 1. The number of carbonyl (C=O) groups is 2. The monoisotopic (exact) mass is 405 g/mol. The Hall–Kier alpha value is -3.32. The molecule has 1 aromatic heterocycles. The van der Waals surface area contributed by atoms with E-state index in [0.717, 1.165) is 16.7 Å². The predicted octanol–water partition coefficient (Wildman–Crippen LogP) is 4.09. The van der Waals surface area contributed by atoms with Crippen molar-refractivity contribution in [3.05, 3.63) is 81.4 Å². The third-order valence-corrected chi connectivity index (χ3v) is 5.72. The Morgan fingerprint density at radius 3 is 2.07 bits per heavy atom. The number of Topliss-reactive ketones (excluding diaryl/α,β-unsaturated/α-hetero) is 1. The molecule has 1 amide bonds. The van der Waals surface area contributed by atoms with Crippen molar-refractivity contribution in [2.45, 2.75) is 26.8 Å². The summed E-state index contributed by atoms with van der Waals surface area (Å²) in [7, 11) is 0. The minimum Gasteiger partial charge on any atom is -0.507 e. The van der Waals surface area contributed by atoms with Crippen LogP contribution in [-0.4, -0.2) is 27.0 Å². The van der Waals surface area contributed by atoms with Crippen LogP contribution in [0.2, 0.25) is 0 Å². The molecule has 2 aromatic carbocycles. The number of aromatic nitrogens is 2. The van der Waals surface area contributed by atoms with Crippen molar-refractivity contribution in [3.63, 3.8) is 0 Å². The van der Waals surface area contributed by atoms with E-state index in [4.69, 9.17) is 0 Å². The molecule has 3 aromatic rings. The second-order valence-corrected chi connectivity index (χ2v) is 8.21. The molecule has 4 rings (SSSR count). The highest BCUT2D eigenvalue weighted by Gasteiger charge is 2.48. The lowest BCUT2D eigenvalue weighted by Gasteiger charge is -2.22. The van der Waals surface area contributed by atoms with E-state index in [9.17, 15) is 14.7 Å². The van der Waals surface area contributed by atoms with Crippen molar-refractivity contribution in [3.8, 4) is 0 Å². The summed E-state index contributed by atoms with van der Waals surface area (Å²) < 4.78 is 0. The van der Waals surface area contributed by atoms with E-state index in [1.165, 1.54) is 16.2 Å². The maximum Gasteiger partial charge on any atom is 0.301 e. The van der Waals surface area contributed by atoms with Crippen LogP contribution in [0, 0.1) is 20.8 Å². The van der Waals surface area contributed by atoms with Gasteiger partial charge in [0.1, 0.15) is 10.8 Å². The van der Waals surface area contributed by atoms with Gasteiger partial charge in [0.05, 0.1) is 11.6 Å². The molecule has 0 radical (unpaired) electrons. The number of anilines is 1. The molecule has 0 saturated carbocycles. The van der Waals surface area contributed by atoms with Crippen molar-refractivity contribution < 1.29 is 14.7 Å². The lowest BCUT2D eigenvalue weighted by Crippen LogP contribution is -2.29. The number of carbonyl (C=O) groups excluding carboxylic acids is 2. The smallest absolute Gasteiger partial charge is 0.301 e. The van der Waals surface area contributed by atoms with Gasteiger partial charge in [-0.15, -0.1) is 10.2 Å². The molecule has 0 unspecified atom stereocenters. The van der Waals surface area contributed by atoms with E-state index in [1.54, 1.807) is 19.1 Å². The van der Waals surface area contributed by atoms with Gasteiger partial charge in [0, 0.05) is 5.56 Å². The van der Waals surface area contributed by atoms with Crippen LogP contribution in [0.3, 0.4) is 0 Å².